The van der Waals surface area contributed by atoms with Crippen molar-refractivity contribution >= 4 is 27.6 Å². The monoisotopic (exact) mass is 346 g/mol. The predicted molar refractivity (Wildman–Crippen MR) is 102 cm³/mol. The van der Waals surface area contributed by atoms with E-state index in [1.54, 1.807) is 25.4 Å². The summed E-state index contributed by atoms with van der Waals surface area (Å²) >= 11 is 0. The van der Waals surface area contributed by atoms with Gasteiger partial charge in [0.05, 0.1) is 19.2 Å². The number of aromatic amines is 1. The Hall–Kier alpha value is -3.34. The molecule has 5 heteroatoms. The molecular weight excluding hydrogens is 328 g/mol. The zero-order chi connectivity index (χ0) is 18.3. The van der Waals surface area contributed by atoms with Gasteiger partial charge < -0.3 is 9.72 Å². The Morgan fingerprint density at radius 3 is 2.69 bits per heavy atom. The number of nitrogens with one attached hydrogen (secondary N) is 1. The van der Waals surface area contributed by atoms with E-state index in [2.05, 4.69) is 4.98 Å². The van der Waals surface area contributed by atoms with Gasteiger partial charge in [0.25, 0.3) is 5.56 Å². The lowest BCUT2D eigenvalue weighted by molar-refractivity contribution is 0.0974. The zero-order valence-electron chi connectivity index (χ0n) is 14.6. The van der Waals surface area contributed by atoms with Gasteiger partial charge in [0.15, 0.2) is 5.78 Å². The maximum Gasteiger partial charge on any atom is 0.251 e. The number of H-pyrrole nitrogens is 1. The van der Waals surface area contributed by atoms with E-state index < -0.39 is 0 Å². The van der Waals surface area contributed by atoms with Crippen LogP contribution in [0.3, 0.4) is 0 Å². The zero-order valence-corrected chi connectivity index (χ0v) is 14.6. The third-order valence-corrected chi connectivity index (χ3v) is 4.71. The van der Waals surface area contributed by atoms with E-state index in [4.69, 9.17) is 4.74 Å². The first-order valence-corrected chi connectivity index (χ1v) is 8.36. The number of ether oxygens (including phenoxy) is 1. The van der Waals surface area contributed by atoms with Crippen LogP contribution in [0, 0.1) is 6.92 Å². The number of pyridine rings is 1. The van der Waals surface area contributed by atoms with Crippen LogP contribution in [-0.4, -0.2) is 22.4 Å². The number of fused-ring (bicyclic) bond motifs is 2. The molecular formula is C21H18N2O3. The summed E-state index contributed by atoms with van der Waals surface area (Å²) in [6.45, 7) is 1.84. The van der Waals surface area contributed by atoms with Crippen molar-refractivity contribution in [2.24, 2.45) is 0 Å². The maximum absolute atomic E-state index is 12.9. The van der Waals surface area contributed by atoms with Crippen LogP contribution in [0.15, 0.2) is 59.5 Å². The minimum absolute atomic E-state index is 0.0438. The number of nitrogens with zero attached hydrogens (tertiary/aromatic N) is 1. The van der Waals surface area contributed by atoms with Crippen LogP contribution in [0.1, 0.15) is 15.9 Å². The summed E-state index contributed by atoms with van der Waals surface area (Å²) in [4.78, 5) is 28.7. The Morgan fingerprint density at radius 1 is 1.12 bits per heavy atom. The highest BCUT2D eigenvalue weighted by atomic mass is 16.5. The molecule has 5 nitrogen and oxygen atoms in total. The summed E-state index contributed by atoms with van der Waals surface area (Å²) in [5.74, 6) is 0.454. The van der Waals surface area contributed by atoms with Gasteiger partial charge in [0.2, 0.25) is 0 Å². The number of para-hydroxylation sites is 2. The Morgan fingerprint density at radius 2 is 1.88 bits per heavy atom. The van der Waals surface area contributed by atoms with Gasteiger partial charge in [0.1, 0.15) is 5.75 Å². The normalized spacial score (nSPS) is 11.2. The van der Waals surface area contributed by atoms with Gasteiger partial charge in [-0.2, -0.15) is 0 Å². The topological polar surface area (TPSA) is 64.1 Å². The third-order valence-electron chi connectivity index (χ3n) is 4.71. The number of aromatic nitrogens is 2. The van der Waals surface area contributed by atoms with E-state index in [0.29, 0.717) is 16.8 Å². The Labute approximate surface area is 149 Å². The molecule has 0 fully saturated rings. The first-order chi connectivity index (χ1) is 12.6. The number of methoxy groups -OCH3 is 1. The molecule has 0 amide bonds. The van der Waals surface area contributed by atoms with Gasteiger partial charge in [-0.15, -0.1) is 0 Å². The van der Waals surface area contributed by atoms with E-state index in [9.17, 15) is 9.59 Å². The fraction of sp³-hybridized carbons (Fsp3) is 0.143. The van der Waals surface area contributed by atoms with Crippen LogP contribution in [0.4, 0.5) is 0 Å². The lowest BCUT2D eigenvalue weighted by Crippen LogP contribution is -2.25. The number of benzene rings is 2. The van der Waals surface area contributed by atoms with Crippen molar-refractivity contribution in [2.75, 3.05) is 7.11 Å². The number of hydrogen-bond acceptors (Lipinski definition) is 3. The molecule has 130 valence electrons. The van der Waals surface area contributed by atoms with Crippen LogP contribution < -0.4 is 10.3 Å². The standard InChI is InChI=1S/C21H18N2O3/c1-13-10-20(25)23(21-14(13)7-5-9-19(21)26-2)12-18(24)16-11-22-17-8-4-3-6-15(16)17/h3-11,22H,12H2,1-2H3. The molecule has 0 aliphatic carbocycles. The molecule has 0 saturated heterocycles. The highest BCUT2D eigenvalue weighted by Gasteiger charge is 2.17. The highest BCUT2D eigenvalue weighted by molar-refractivity contribution is 6.08. The molecule has 4 rings (SSSR count). The average molecular weight is 346 g/mol. The van der Waals surface area contributed by atoms with E-state index in [-0.39, 0.29) is 17.9 Å². The van der Waals surface area contributed by atoms with Crippen molar-refractivity contribution in [3.8, 4) is 5.75 Å². The molecule has 0 unspecified atom stereocenters. The molecule has 2 aromatic heterocycles. The number of hydrogen-bond donors (Lipinski definition) is 1. The van der Waals surface area contributed by atoms with E-state index in [1.165, 1.54) is 4.57 Å². The molecule has 2 heterocycles. The first-order valence-electron chi connectivity index (χ1n) is 8.36. The first kappa shape index (κ1) is 16.1. The molecule has 0 radical (unpaired) electrons. The summed E-state index contributed by atoms with van der Waals surface area (Å²) in [6.07, 6.45) is 1.70. The van der Waals surface area contributed by atoms with Crippen LogP contribution in [0.25, 0.3) is 21.8 Å². The second-order valence-corrected chi connectivity index (χ2v) is 6.28. The summed E-state index contributed by atoms with van der Waals surface area (Å²) < 4.78 is 6.93. The van der Waals surface area contributed by atoms with Crippen molar-refractivity contribution in [2.45, 2.75) is 13.5 Å². The minimum atomic E-state index is -0.215. The van der Waals surface area contributed by atoms with Crippen molar-refractivity contribution in [1.82, 2.24) is 9.55 Å². The smallest absolute Gasteiger partial charge is 0.251 e. The fourth-order valence-electron chi connectivity index (χ4n) is 3.42. The molecule has 0 atom stereocenters. The van der Waals surface area contributed by atoms with Crippen molar-refractivity contribution in [3.05, 3.63) is 76.2 Å². The third kappa shape index (κ3) is 2.49. The number of carbonyl (C=O) groups excluding carboxylic acids is 1. The van der Waals surface area contributed by atoms with E-state index in [0.717, 1.165) is 21.9 Å². The minimum Gasteiger partial charge on any atom is -0.495 e. The molecule has 26 heavy (non-hydrogen) atoms. The van der Waals surface area contributed by atoms with E-state index >= 15 is 0 Å². The molecule has 0 bridgehead atoms. The Bertz CT molecular complexity index is 1200. The molecule has 0 saturated carbocycles. The van der Waals surface area contributed by atoms with Gasteiger partial charge in [-0.05, 0) is 24.6 Å². The van der Waals surface area contributed by atoms with Crippen LogP contribution in [-0.2, 0) is 6.54 Å². The summed E-state index contributed by atoms with van der Waals surface area (Å²) in [6, 6.07) is 14.8. The number of carbonyl (C=O) groups is 1. The SMILES string of the molecule is COc1cccc2c(C)cc(=O)n(CC(=O)c3c[nH]c4ccccc34)c12. The van der Waals surface area contributed by atoms with Crippen LogP contribution >= 0.6 is 0 Å². The molecule has 0 aliphatic rings. The lowest BCUT2D eigenvalue weighted by atomic mass is 10.1. The van der Waals surface area contributed by atoms with Gasteiger partial charge in [-0.3, -0.25) is 14.2 Å². The average Bonchev–Trinajstić information content (AvgIpc) is 3.08. The largest absolute Gasteiger partial charge is 0.495 e. The lowest BCUT2D eigenvalue weighted by Gasteiger charge is -2.14. The van der Waals surface area contributed by atoms with Crippen LogP contribution in [0.2, 0.25) is 0 Å². The summed E-state index contributed by atoms with van der Waals surface area (Å²) in [5.41, 5.74) is 2.77. The molecule has 4 aromatic rings. The van der Waals surface area contributed by atoms with Gasteiger partial charge in [0, 0.05) is 34.1 Å². The Balaban J connectivity index is 1.87. The number of rotatable bonds is 4. The quantitative estimate of drug-likeness (QED) is 0.573. The molecule has 0 spiro atoms. The van der Waals surface area contributed by atoms with E-state index in [1.807, 2.05) is 43.3 Å². The van der Waals surface area contributed by atoms with Crippen LogP contribution in [0.5, 0.6) is 5.75 Å². The van der Waals surface area contributed by atoms with Gasteiger partial charge in [-0.1, -0.05) is 30.3 Å². The van der Waals surface area contributed by atoms with Crippen molar-refractivity contribution in [3.63, 3.8) is 0 Å². The van der Waals surface area contributed by atoms with Crippen molar-refractivity contribution in [1.29, 1.82) is 0 Å². The number of aryl methyl sites for hydroxylation is 1. The predicted octanol–water partition coefficient (Wildman–Crippen LogP) is 3.68. The second-order valence-electron chi connectivity index (χ2n) is 6.28. The summed E-state index contributed by atoms with van der Waals surface area (Å²) in [5, 5.41) is 1.75. The van der Waals surface area contributed by atoms with Gasteiger partial charge >= 0.3 is 0 Å². The number of Topliss-reactive ketones (excluding diaryl/α,β-unsaturated/α-hetero) is 1. The summed E-state index contributed by atoms with van der Waals surface area (Å²) in [7, 11) is 1.56. The Kier molecular flexibility index (Phi) is 3.84. The fourth-order valence-corrected chi connectivity index (χ4v) is 3.42. The maximum atomic E-state index is 12.9. The second kappa shape index (κ2) is 6.19. The molecule has 2 aromatic carbocycles. The van der Waals surface area contributed by atoms with Gasteiger partial charge in [-0.25, -0.2) is 0 Å². The highest BCUT2D eigenvalue weighted by Crippen LogP contribution is 2.27. The number of ketones is 1. The molecule has 0 aliphatic heterocycles. The van der Waals surface area contributed by atoms with Crippen molar-refractivity contribution < 1.29 is 9.53 Å². The molecule has 1 N–H and O–H groups in total.